The standard InChI is InChI=1S/C44H61ClN10O4/c1-42(2,3)59-41(57)55-39(44(55)13-19-53(20-14-44)38-34-10-15-47-37(34)48-30-49-38)50-35(31-6-8-33(45)9-7-31)11-18-51-23-25-54(26-24-51)40(56)43-12-4-5-32(27-43)36(58-29-43)28-52-21-16-46-17-22-52/h6-10,15,30,32,35-36,46H,4-5,11-14,16-29H2,1-3H3,(H,47,48,49)/t32?,35-,36?,43?,55?/m0/s1. The van der Waals surface area contributed by atoms with Crippen LogP contribution in [0.25, 0.3) is 11.0 Å². The summed E-state index contributed by atoms with van der Waals surface area (Å²) in [5.74, 6) is 2.46. The number of amides is 2. The molecule has 59 heavy (non-hydrogen) atoms. The van der Waals surface area contributed by atoms with Crippen molar-refractivity contribution in [3.63, 3.8) is 0 Å². The molecule has 2 amide bonds. The number of rotatable bonds is 9. The molecule has 1 aliphatic carbocycles. The Hall–Kier alpha value is -3.82. The second-order valence-electron chi connectivity index (χ2n) is 18.8. The monoisotopic (exact) mass is 828 g/mol. The smallest absolute Gasteiger partial charge is 0.416 e. The molecule has 2 bridgehead atoms. The van der Waals surface area contributed by atoms with Crippen molar-refractivity contribution in [1.29, 1.82) is 0 Å². The largest absolute Gasteiger partial charge is 0.443 e. The maximum atomic E-state index is 14.3. The number of fused-ring (bicyclic) bond motifs is 3. The van der Waals surface area contributed by atoms with E-state index in [1.54, 1.807) is 6.33 Å². The van der Waals surface area contributed by atoms with Gasteiger partial charge in [0.25, 0.3) is 0 Å². The summed E-state index contributed by atoms with van der Waals surface area (Å²) in [6.45, 7) is 16.8. The number of carbonyl (C=O) groups excluding carboxylic acids is 2. The second kappa shape index (κ2) is 16.6. The minimum atomic E-state index is -0.637. The second-order valence-corrected chi connectivity index (χ2v) is 19.2. The average Bonchev–Trinajstić information content (AvgIpc) is 3.54. The Balaban J connectivity index is 0.863. The Bertz CT molecular complexity index is 2000. The first-order valence-electron chi connectivity index (χ1n) is 22.0. The van der Waals surface area contributed by atoms with Gasteiger partial charge in [-0.05, 0) is 89.0 Å². The number of aliphatic imine (C=N–C) groups is 1. The first kappa shape index (κ1) is 40.6. The van der Waals surface area contributed by atoms with Crippen LogP contribution in [0.5, 0.6) is 0 Å². The number of ether oxygens (including phenoxy) is 2. The number of aromatic amines is 1. The lowest BCUT2D eigenvalue weighted by atomic mass is 9.65. The normalized spacial score (nSPS) is 27.7. The maximum absolute atomic E-state index is 14.3. The molecule has 3 unspecified atom stereocenters. The Morgan fingerprint density at radius 3 is 2.49 bits per heavy atom. The van der Waals surface area contributed by atoms with E-state index in [-0.39, 0.29) is 23.7 Å². The molecule has 5 aliphatic heterocycles. The molecule has 1 saturated carbocycles. The van der Waals surface area contributed by atoms with Gasteiger partial charge in [0.15, 0.2) is 0 Å². The van der Waals surface area contributed by atoms with Gasteiger partial charge in [0, 0.05) is 89.8 Å². The van der Waals surface area contributed by atoms with Gasteiger partial charge in [0.2, 0.25) is 5.91 Å². The van der Waals surface area contributed by atoms with Gasteiger partial charge in [-0.15, -0.1) is 0 Å². The predicted molar refractivity (Wildman–Crippen MR) is 229 cm³/mol. The number of benzene rings is 1. The molecule has 2 aromatic heterocycles. The zero-order valence-electron chi connectivity index (χ0n) is 35.0. The lowest BCUT2D eigenvalue weighted by molar-refractivity contribution is -0.172. The van der Waals surface area contributed by atoms with Crippen LogP contribution < -0.4 is 10.2 Å². The summed E-state index contributed by atoms with van der Waals surface area (Å²) in [7, 11) is 0. The van der Waals surface area contributed by atoms with E-state index in [1.807, 2.05) is 50.1 Å². The summed E-state index contributed by atoms with van der Waals surface area (Å²) in [6.07, 6.45) is 9.74. The molecule has 15 heteroatoms. The lowest BCUT2D eigenvalue weighted by Crippen LogP contribution is -2.59. The third-order valence-corrected chi connectivity index (χ3v) is 14.1. The van der Waals surface area contributed by atoms with Crippen LogP contribution in [0.15, 0.2) is 47.8 Å². The Kier molecular flexibility index (Phi) is 11.4. The molecule has 1 aromatic carbocycles. The van der Waals surface area contributed by atoms with E-state index in [0.29, 0.717) is 36.3 Å². The first-order chi connectivity index (χ1) is 28.5. The summed E-state index contributed by atoms with van der Waals surface area (Å²) in [5, 5.41) is 5.12. The van der Waals surface area contributed by atoms with Crippen LogP contribution in [0.1, 0.15) is 77.3 Å². The summed E-state index contributed by atoms with van der Waals surface area (Å²) in [4.78, 5) is 57.0. The number of nitrogens with one attached hydrogen (secondary N) is 2. The fraction of sp³-hybridized carbons (Fsp3) is 0.659. The van der Waals surface area contributed by atoms with Gasteiger partial charge in [-0.2, -0.15) is 0 Å². The van der Waals surface area contributed by atoms with Gasteiger partial charge in [0.05, 0.1) is 29.6 Å². The summed E-state index contributed by atoms with van der Waals surface area (Å²) in [5.41, 5.74) is 0.358. The predicted octanol–water partition coefficient (Wildman–Crippen LogP) is 5.36. The van der Waals surface area contributed by atoms with E-state index >= 15 is 0 Å². The van der Waals surface area contributed by atoms with Crippen LogP contribution in [0.4, 0.5) is 10.6 Å². The van der Waals surface area contributed by atoms with Crippen molar-refractivity contribution in [3.8, 4) is 0 Å². The zero-order valence-corrected chi connectivity index (χ0v) is 35.8. The van der Waals surface area contributed by atoms with E-state index < -0.39 is 11.1 Å². The highest BCUT2D eigenvalue weighted by atomic mass is 35.5. The molecule has 0 radical (unpaired) electrons. The SMILES string of the molecule is CC(C)(C)OC(=O)N1C(=N[C@@H](CCN2CCN(C(=O)C34CCCC(C3)C(CN3CCNCC3)OC4)CC2)c2ccc(Cl)cc2)C12CCN(c1ncnc3[nH]ccc13)CC2. The van der Waals surface area contributed by atoms with E-state index in [2.05, 4.69) is 52.0 Å². The Morgan fingerprint density at radius 1 is 0.983 bits per heavy atom. The van der Waals surface area contributed by atoms with E-state index in [9.17, 15) is 9.59 Å². The minimum absolute atomic E-state index is 0.183. The molecule has 3 aromatic rings. The van der Waals surface area contributed by atoms with Gasteiger partial charge < -0.3 is 29.6 Å². The number of nitrogens with zero attached hydrogens (tertiary/aromatic N) is 8. The summed E-state index contributed by atoms with van der Waals surface area (Å²) in [6, 6.07) is 9.78. The summed E-state index contributed by atoms with van der Waals surface area (Å²) < 4.78 is 12.5. The highest BCUT2D eigenvalue weighted by molar-refractivity contribution is 6.30. The number of hydrogen-bond donors (Lipinski definition) is 2. The van der Waals surface area contributed by atoms with Crippen molar-refractivity contribution in [2.45, 2.75) is 89.0 Å². The van der Waals surface area contributed by atoms with Gasteiger partial charge in [-0.1, -0.05) is 30.2 Å². The molecule has 9 rings (SSSR count). The van der Waals surface area contributed by atoms with Gasteiger partial charge in [-0.3, -0.25) is 19.6 Å². The van der Waals surface area contributed by atoms with Crippen molar-refractivity contribution in [3.05, 3.63) is 53.4 Å². The average molecular weight is 829 g/mol. The lowest BCUT2D eigenvalue weighted by Gasteiger charge is -2.50. The molecule has 2 N–H and O–H groups in total. The van der Waals surface area contributed by atoms with E-state index in [4.69, 9.17) is 26.1 Å². The minimum Gasteiger partial charge on any atom is -0.443 e. The molecular weight excluding hydrogens is 768 g/mol. The molecule has 4 atom stereocenters. The van der Waals surface area contributed by atoms with Crippen LogP contribution in [0.2, 0.25) is 5.02 Å². The quantitative estimate of drug-likeness (QED) is 0.272. The number of carbonyl (C=O) groups is 2. The molecular formula is C44H61ClN10O4. The van der Waals surface area contributed by atoms with Gasteiger partial charge >= 0.3 is 6.09 Å². The number of H-pyrrole nitrogens is 1. The topological polar surface area (TPSA) is 135 Å². The summed E-state index contributed by atoms with van der Waals surface area (Å²) >= 11 is 6.37. The van der Waals surface area contributed by atoms with Crippen molar-refractivity contribution in [1.82, 2.24) is 39.9 Å². The number of anilines is 1. The van der Waals surface area contributed by atoms with Gasteiger partial charge in [-0.25, -0.2) is 19.7 Å². The van der Waals surface area contributed by atoms with Crippen LogP contribution in [0, 0.1) is 11.3 Å². The van der Waals surface area contributed by atoms with Crippen LogP contribution >= 0.6 is 11.6 Å². The third kappa shape index (κ3) is 8.44. The number of halogens is 1. The molecule has 7 heterocycles. The number of piperidine rings is 1. The molecule has 6 aliphatic rings. The van der Waals surface area contributed by atoms with Crippen molar-refractivity contribution < 1.29 is 19.1 Å². The highest BCUT2D eigenvalue weighted by Gasteiger charge is 2.65. The number of hydrogen-bond acceptors (Lipinski definition) is 11. The van der Waals surface area contributed by atoms with Crippen LogP contribution in [-0.2, 0) is 14.3 Å². The van der Waals surface area contributed by atoms with Crippen molar-refractivity contribution in [2.75, 3.05) is 90.0 Å². The van der Waals surface area contributed by atoms with Crippen molar-refractivity contribution in [2.24, 2.45) is 16.3 Å². The maximum Gasteiger partial charge on any atom is 0.416 e. The Labute approximate surface area is 353 Å². The zero-order chi connectivity index (χ0) is 40.8. The first-order valence-corrected chi connectivity index (χ1v) is 22.3. The fourth-order valence-electron chi connectivity index (χ4n) is 10.5. The highest BCUT2D eigenvalue weighted by Crippen LogP contribution is 2.49. The molecule has 14 nitrogen and oxygen atoms in total. The Morgan fingerprint density at radius 2 is 1.75 bits per heavy atom. The number of aromatic nitrogens is 3. The van der Waals surface area contributed by atoms with Crippen LogP contribution in [-0.4, -0.2) is 155 Å². The van der Waals surface area contributed by atoms with Gasteiger partial charge in [0.1, 0.15) is 34.8 Å². The van der Waals surface area contributed by atoms with Crippen LogP contribution in [0.3, 0.4) is 0 Å². The molecule has 6 fully saturated rings. The van der Waals surface area contributed by atoms with E-state index in [0.717, 1.165) is 139 Å². The molecule has 1 spiro atoms. The number of piperazine rings is 2. The molecule has 318 valence electrons. The number of amidine groups is 1. The van der Waals surface area contributed by atoms with Crippen molar-refractivity contribution >= 4 is 46.3 Å². The fourth-order valence-corrected chi connectivity index (χ4v) is 10.6. The van der Waals surface area contributed by atoms with E-state index in [1.165, 1.54) is 0 Å². The molecule has 5 saturated heterocycles. The third-order valence-electron chi connectivity index (χ3n) is 13.8.